The zero-order valence-corrected chi connectivity index (χ0v) is 15.1. The second-order valence-electron chi connectivity index (χ2n) is 9.89. The van der Waals surface area contributed by atoms with Crippen LogP contribution < -0.4 is 0 Å². The molecule has 21 heavy (non-hydrogen) atoms. The van der Waals surface area contributed by atoms with E-state index in [0.29, 0.717) is 35.0 Å². The molecule has 0 aromatic rings. The molecule has 0 aromatic heterocycles. The summed E-state index contributed by atoms with van der Waals surface area (Å²) >= 11 is 0. The zero-order valence-electron chi connectivity index (χ0n) is 15.1. The molecule has 2 N–H and O–H groups in total. The number of fused-ring (bicyclic) bond motifs is 1. The van der Waals surface area contributed by atoms with Gasteiger partial charge in [-0.1, -0.05) is 20.8 Å². The molecule has 124 valence electrons. The summed E-state index contributed by atoms with van der Waals surface area (Å²) in [6.07, 6.45) is 4.64. The van der Waals surface area contributed by atoms with Crippen LogP contribution in [0.3, 0.4) is 0 Å². The van der Waals surface area contributed by atoms with Gasteiger partial charge in [0.05, 0.1) is 11.2 Å². The highest BCUT2D eigenvalue weighted by atomic mass is 16.3. The van der Waals surface area contributed by atoms with E-state index in [9.17, 15) is 10.2 Å². The SMILES string of the molecule is CC(C)(C)C1CCC(C(C)(C)O)C2C1CCC2C(C)(C)O. The van der Waals surface area contributed by atoms with Crippen molar-refractivity contribution in [3.05, 3.63) is 0 Å². The summed E-state index contributed by atoms with van der Waals surface area (Å²) in [4.78, 5) is 0. The van der Waals surface area contributed by atoms with Crippen molar-refractivity contribution in [1.82, 2.24) is 0 Å². The van der Waals surface area contributed by atoms with Gasteiger partial charge in [0, 0.05) is 0 Å². The Morgan fingerprint density at radius 1 is 0.619 bits per heavy atom. The van der Waals surface area contributed by atoms with Crippen LogP contribution in [0.2, 0.25) is 0 Å². The molecule has 5 unspecified atom stereocenters. The van der Waals surface area contributed by atoms with Gasteiger partial charge in [-0.05, 0) is 88.4 Å². The molecular formula is C19H36O2. The highest BCUT2D eigenvalue weighted by molar-refractivity contribution is 5.05. The molecule has 2 saturated carbocycles. The van der Waals surface area contributed by atoms with Crippen molar-refractivity contribution in [3.8, 4) is 0 Å². The van der Waals surface area contributed by atoms with E-state index in [-0.39, 0.29) is 0 Å². The lowest BCUT2D eigenvalue weighted by atomic mass is 9.55. The lowest BCUT2D eigenvalue weighted by Crippen LogP contribution is -2.50. The first-order chi connectivity index (χ1) is 9.33. The van der Waals surface area contributed by atoms with Crippen molar-refractivity contribution in [2.24, 2.45) is 35.0 Å². The highest BCUT2D eigenvalue weighted by Crippen LogP contribution is 2.59. The van der Waals surface area contributed by atoms with Gasteiger partial charge in [-0.25, -0.2) is 0 Å². The van der Waals surface area contributed by atoms with Crippen LogP contribution in [0.4, 0.5) is 0 Å². The van der Waals surface area contributed by atoms with E-state index in [0.717, 1.165) is 12.8 Å². The third-order valence-electron chi connectivity index (χ3n) is 6.47. The summed E-state index contributed by atoms with van der Waals surface area (Å²) in [6, 6.07) is 0. The van der Waals surface area contributed by atoms with Crippen molar-refractivity contribution >= 4 is 0 Å². The Hall–Kier alpha value is -0.0800. The molecule has 0 bridgehead atoms. The quantitative estimate of drug-likeness (QED) is 0.800. The maximum absolute atomic E-state index is 10.7. The number of rotatable bonds is 2. The first kappa shape index (κ1) is 17.3. The first-order valence-electron chi connectivity index (χ1n) is 8.78. The Morgan fingerprint density at radius 2 is 1.00 bits per heavy atom. The van der Waals surface area contributed by atoms with Gasteiger partial charge in [0.2, 0.25) is 0 Å². The molecule has 0 saturated heterocycles. The molecule has 0 radical (unpaired) electrons. The average molecular weight is 296 g/mol. The van der Waals surface area contributed by atoms with Gasteiger partial charge in [0.15, 0.2) is 0 Å². The van der Waals surface area contributed by atoms with E-state index in [1.54, 1.807) is 0 Å². The number of hydrogen-bond acceptors (Lipinski definition) is 2. The topological polar surface area (TPSA) is 40.5 Å². The summed E-state index contributed by atoms with van der Waals surface area (Å²) in [5, 5.41) is 21.3. The molecule has 2 heteroatoms. The fraction of sp³-hybridized carbons (Fsp3) is 1.00. The Labute approximate surface area is 131 Å². The summed E-state index contributed by atoms with van der Waals surface area (Å²) in [7, 11) is 0. The van der Waals surface area contributed by atoms with Crippen LogP contribution in [-0.2, 0) is 0 Å². The van der Waals surface area contributed by atoms with Crippen LogP contribution in [0, 0.1) is 35.0 Å². The van der Waals surface area contributed by atoms with Crippen LogP contribution in [0.5, 0.6) is 0 Å². The molecule has 0 spiro atoms. The van der Waals surface area contributed by atoms with Crippen molar-refractivity contribution in [2.75, 3.05) is 0 Å². The van der Waals surface area contributed by atoms with E-state index in [1.807, 2.05) is 27.7 Å². The van der Waals surface area contributed by atoms with E-state index in [4.69, 9.17) is 0 Å². The third-order valence-corrected chi connectivity index (χ3v) is 6.47. The van der Waals surface area contributed by atoms with Gasteiger partial charge in [-0.2, -0.15) is 0 Å². The fourth-order valence-corrected chi connectivity index (χ4v) is 5.59. The minimum Gasteiger partial charge on any atom is -0.390 e. The maximum Gasteiger partial charge on any atom is 0.0622 e. The second kappa shape index (κ2) is 5.23. The summed E-state index contributed by atoms with van der Waals surface area (Å²) in [5.41, 5.74) is -0.954. The van der Waals surface area contributed by atoms with E-state index < -0.39 is 11.2 Å². The van der Waals surface area contributed by atoms with Crippen LogP contribution in [-0.4, -0.2) is 21.4 Å². The smallest absolute Gasteiger partial charge is 0.0622 e. The molecule has 2 aliphatic carbocycles. The summed E-state index contributed by atoms with van der Waals surface area (Å²) in [5.74, 6) is 2.48. The molecule has 0 heterocycles. The molecule has 5 atom stereocenters. The summed E-state index contributed by atoms with van der Waals surface area (Å²) < 4.78 is 0. The Bertz CT molecular complexity index is 366. The Balaban J connectivity index is 2.36. The van der Waals surface area contributed by atoms with Crippen LogP contribution in [0.15, 0.2) is 0 Å². The largest absolute Gasteiger partial charge is 0.390 e. The molecule has 2 fully saturated rings. The van der Waals surface area contributed by atoms with E-state index >= 15 is 0 Å². The highest BCUT2D eigenvalue weighted by Gasteiger charge is 2.55. The maximum atomic E-state index is 10.7. The van der Waals surface area contributed by atoms with E-state index in [2.05, 4.69) is 20.8 Å². The van der Waals surface area contributed by atoms with E-state index in [1.165, 1.54) is 12.8 Å². The first-order valence-corrected chi connectivity index (χ1v) is 8.78. The Kier molecular flexibility index (Phi) is 4.30. The van der Waals surface area contributed by atoms with Gasteiger partial charge >= 0.3 is 0 Å². The minimum atomic E-state index is -0.639. The number of hydrogen-bond donors (Lipinski definition) is 2. The molecule has 2 rings (SSSR count). The molecule has 2 nitrogen and oxygen atoms in total. The van der Waals surface area contributed by atoms with Gasteiger partial charge in [0.25, 0.3) is 0 Å². The lowest BCUT2D eigenvalue weighted by Gasteiger charge is -2.51. The van der Waals surface area contributed by atoms with Gasteiger partial charge < -0.3 is 10.2 Å². The van der Waals surface area contributed by atoms with Gasteiger partial charge in [-0.3, -0.25) is 0 Å². The molecule has 0 aliphatic heterocycles. The lowest BCUT2D eigenvalue weighted by molar-refractivity contribution is -0.107. The third kappa shape index (κ3) is 3.32. The minimum absolute atomic E-state index is 0.319. The van der Waals surface area contributed by atoms with Crippen LogP contribution in [0.25, 0.3) is 0 Å². The molecule has 0 aromatic carbocycles. The predicted molar refractivity (Wildman–Crippen MR) is 88.0 cm³/mol. The summed E-state index contributed by atoms with van der Waals surface area (Å²) in [6.45, 7) is 14.9. The monoisotopic (exact) mass is 296 g/mol. The Morgan fingerprint density at radius 3 is 1.38 bits per heavy atom. The van der Waals surface area contributed by atoms with Crippen molar-refractivity contribution in [2.45, 2.75) is 85.4 Å². The average Bonchev–Trinajstić information content (AvgIpc) is 2.67. The second-order valence-corrected chi connectivity index (χ2v) is 9.89. The van der Waals surface area contributed by atoms with Crippen LogP contribution in [0.1, 0.15) is 74.1 Å². The standard InChI is InChI=1S/C19H36O2/c1-17(2,3)13-10-11-15(19(6,7)21)16-12(13)8-9-14(16)18(4,5)20/h12-16,20-21H,8-11H2,1-7H3. The predicted octanol–water partition coefficient (Wildman–Crippen LogP) is 4.24. The van der Waals surface area contributed by atoms with Crippen molar-refractivity contribution in [3.63, 3.8) is 0 Å². The van der Waals surface area contributed by atoms with Gasteiger partial charge in [0.1, 0.15) is 0 Å². The molecule has 0 amide bonds. The molecule has 2 aliphatic rings. The van der Waals surface area contributed by atoms with Crippen LogP contribution >= 0.6 is 0 Å². The van der Waals surface area contributed by atoms with Gasteiger partial charge in [-0.15, -0.1) is 0 Å². The molecular weight excluding hydrogens is 260 g/mol. The zero-order chi connectivity index (χ0) is 16.2. The van der Waals surface area contributed by atoms with Crippen molar-refractivity contribution < 1.29 is 10.2 Å². The fourth-order valence-electron chi connectivity index (χ4n) is 5.59. The normalized spacial score (nSPS) is 38.4. The number of aliphatic hydroxyl groups is 2. The van der Waals surface area contributed by atoms with Crippen molar-refractivity contribution in [1.29, 1.82) is 0 Å².